The SMILES string of the molecule is COc1cc(C(=O)Nc2cc(NC(=O)c3ccccc3)cc(C(F)(F)F)c2)cc(OC)c1OC. The Kier molecular flexibility index (Phi) is 7.30. The average Bonchev–Trinajstić information content (AvgIpc) is 2.82. The number of ether oxygens (including phenoxy) is 3. The van der Waals surface area contributed by atoms with Crippen LogP contribution in [-0.4, -0.2) is 33.1 Å². The van der Waals surface area contributed by atoms with Crippen molar-refractivity contribution in [3.8, 4) is 17.2 Å². The van der Waals surface area contributed by atoms with Gasteiger partial charge in [0.2, 0.25) is 5.75 Å². The first-order valence-electron chi connectivity index (χ1n) is 9.86. The number of halogens is 3. The molecule has 34 heavy (non-hydrogen) atoms. The number of amides is 2. The van der Waals surface area contributed by atoms with Crippen LogP contribution in [0.25, 0.3) is 0 Å². The van der Waals surface area contributed by atoms with Crippen LogP contribution in [0.15, 0.2) is 60.7 Å². The van der Waals surface area contributed by atoms with Crippen molar-refractivity contribution < 1.29 is 37.0 Å². The smallest absolute Gasteiger partial charge is 0.416 e. The number of carbonyl (C=O) groups is 2. The van der Waals surface area contributed by atoms with Crippen molar-refractivity contribution in [1.82, 2.24) is 0 Å². The molecule has 0 aromatic heterocycles. The number of benzene rings is 3. The molecule has 2 amide bonds. The van der Waals surface area contributed by atoms with Crippen molar-refractivity contribution in [2.24, 2.45) is 0 Å². The third-order valence-electron chi connectivity index (χ3n) is 4.74. The summed E-state index contributed by atoms with van der Waals surface area (Å²) in [5.41, 5.74) is -1.02. The Balaban J connectivity index is 1.94. The van der Waals surface area contributed by atoms with Crippen LogP contribution in [0.2, 0.25) is 0 Å². The van der Waals surface area contributed by atoms with Crippen LogP contribution in [0.3, 0.4) is 0 Å². The average molecular weight is 474 g/mol. The monoisotopic (exact) mass is 474 g/mol. The Labute approximate surface area is 193 Å². The lowest BCUT2D eigenvalue weighted by molar-refractivity contribution is -0.137. The van der Waals surface area contributed by atoms with Crippen molar-refractivity contribution in [1.29, 1.82) is 0 Å². The first kappa shape index (κ1) is 24.4. The topological polar surface area (TPSA) is 85.9 Å². The molecule has 0 atom stereocenters. The summed E-state index contributed by atoms with van der Waals surface area (Å²) in [6, 6.07) is 13.5. The molecule has 10 heteroatoms. The summed E-state index contributed by atoms with van der Waals surface area (Å²) < 4.78 is 56.1. The summed E-state index contributed by atoms with van der Waals surface area (Å²) in [5, 5.41) is 4.85. The summed E-state index contributed by atoms with van der Waals surface area (Å²) in [6.45, 7) is 0. The molecule has 0 fully saturated rings. The summed E-state index contributed by atoms with van der Waals surface area (Å²) in [7, 11) is 4.13. The van der Waals surface area contributed by atoms with E-state index in [1.807, 2.05) is 0 Å². The highest BCUT2D eigenvalue weighted by Crippen LogP contribution is 2.39. The predicted molar refractivity (Wildman–Crippen MR) is 120 cm³/mol. The Morgan fingerprint density at radius 2 is 1.21 bits per heavy atom. The van der Waals surface area contributed by atoms with Gasteiger partial charge >= 0.3 is 6.18 Å². The van der Waals surface area contributed by atoms with Gasteiger partial charge in [-0.05, 0) is 42.5 Å². The van der Waals surface area contributed by atoms with Gasteiger partial charge < -0.3 is 24.8 Å². The van der Waals surface area contributed by atoms with Gasteiger partial charge in [-0.3, -0.25) is 9.59 Å². The molecule has 2 N–H and O–H groups in total. The molecule has 0 radical (unpaired) electrons. The van der Waals surface area contributed by atoms with E-state index in [4.69, 9.17) is 14.2 Å². The minimum Gasteiger partial charge on any atom is -0.493 e. The van der Waals surface area contributed by atoms with E-state index in [0.29, 0.717) is 0 Å². The first-order chi connectivity index (χ1) is 16.2. The molecule has 0 aliphatic heterocycles. The zero-order chi connectivity index (χ0) is 24.9. The largest absolute Gasteiger partial charge is 0.493 e. The Bertz CT molecular complexity index is 1170. The highest BCUT2D eigenvalue weighted by Gasteiger charge is 2.31. The van der Waals surface area contributed by atoms with E-state index in [1.165, 1.54) is 51.7 Å². The van der Waals surface area contributed by atoms with E-state index in [1.54, 1.807) is 18.2 Å². The number of nitrogens with one attached hydrogen (secondary N) is 2. The van der Waals surface area contributed by atoms with Gasteiger partial charge in [0.1, 0.15) is 0 Å². The summed E-state index contributed by atoms with van der Waals surface area (Å²) in [5.74, 6) is -0.661. The van der Waals surface area contributed by atoms with Crippen molar-refractivity contribution >= 4 is 23.2 Å². The maximum absolute atomic E-state index is 13.5. The van der Waals surface area contributed by atoms with E-state index in [-0.39, 0.29) is 39.8 Å². The fourth-order valence-corrected chi connectivity index (χ4v) is 3.14. The lowest BCUT2D eigenvalue weighted by Crippen LogP contribution is -2.16. The Morgan fingerprint density at radius 1 is 0.706 bits per heavy atom. The summed E-state index contributed by atoms with van der Waals surface area (Å²) in [6.07, 6.45) is -4.71. The molecule has 0 heterocycles. The molecular weight excluding hydrogens is 453 g/mol. The molecular formula is C24H21F3N2O5. The van der Waals surface area contributed by atoms with Crippen molar-refractivity contribution in [2.45, 2.75) is 6.18 Å². The normalized spacial score (nSPS) is 10.9. The molecule has 0 saturated heterocycles. The van der Waals surface area contributed by atoms with Crippen LogP contribution in [-0.2, 0) is 6.18 Å². The number of methoxy groups -OCH3 is 3. The third-order valence-corrected chi connectivity index (χ3v) is 4.74. The van der Waals surface area contributed by atoms with E-state index < -0.39 is 23.6 Å². The second kappa shape index (κ2) is 10.2. The van der Waals surface area contributed by atoms with E-state index >= 15 is 0 Å². The van der Waals surface area contributed by atoms with Crippen LogP contribution in [0.5, 0.6) is 17.2 Å². The fourth-order valence-electron chi connectivity index (χ4n) is 3.14. The molecule has 0 aliphatic carbocycles. The standard InChI is InChI=1S/C24H21F3N2O5/c1-32-19-9-15(10-20(33-2)21(19)34-3)23(31)29-18-12-16(24(25,26)27)11-17(13-18)28-22(30)14-7-5-4-6-8-14/h4-13H,1-3H3,(H,28,30)(H,29,31). The van der Waals surface area contributed by atoms with Crippen molar-refractivity contribution in [2.75, 3.05) is 32.0 Å². The van der Waals surface area contributed by atoms with Gasteiger partial charge in [-0.15, -0.1) is 0 Å². The maximum atomic E-state index is 13.5. The second-order valence-electron chi connectivity index (χ2n) is 6.99. The van der Waals surface area contributed by atoms with Crippen LogP contribution < -0.4 is 24.8 Å². The predicted octanol–water partition coefficient (Wildman–Crippen LogP) is 5.24. The summed E-state index contributed by atoms with van der Waals surface area (Å²) >= 11 is 0. The number of carbonyl (C=O) groups excluding carboxylic acids is 2. The molecule has 3 rings (SSSR count). The fraction of sp³-hybridized carbons (Fsp3) is 0.167. The van der Waals surface area contributed by atoms with Crippen LogP contribution in [0.4, 0.5) is 24.5 Å². The lowest BCUT2D eigenvalue weighted by Gasteiger charge is -2.16. The molecule has 0 bridgehead atoms. The molecule has 7 nitrogen and oxygen atoms in total. The van der Waals surface area contributed by atoms with Gasteiger partial charge in [-0.2, -0.15) is 13.2 Å². The van der Waals surface area contributed by atoms with Crippen molar-refractivity contribution in [3.63, 3.8) is 0 Å². The maximum Gasteiger partial charge on any atom is 0.416 e. The second-order valence-corrected chi connectivity index (χ2v) is 6.99. The zero-order valence-corrected chi connectivity index (χ0v) is 18.4. The highest BCUT2D eigenvalue weighted by atomic mass is 19.4. The molecule has 3 aromatic carbocycles. The first-order valence-corrected chi connectivity index (χ1v) is 9.86. The number of hydrogen-bond donors (Lipinski definition) is 2. The van der Waals surface area contributed by atoms with Gasteiger partial charge in [-0.1, -0.05) is 18.2 Å². The molecule has 0 saturated carbocycles. The Hall–Kier alpha value is -4.21. The van der Waals surface area contributed by atoms with E-state index in [2.05, 4.69) is 10.6 Å². The van der Waals surface area contributed by atoms with Crippen LogP contribution in [0.1, 0.15) is 26.3 Å². The van der Waals surface area contributed by atoms with E-state index in [0.717, 1.165) is 12.1 Å². The van der Waals surface area contributed by atoms with Gasteiger partial charge in [0.05, 0.1) is 26.9 Å². The molecule has 178 valence electrons. The molecule has 0 spiro atoms. The molecule has 0 unspecified atom stereocenters. The Morgan fingerprint density at radius 3 is 1.65 bits per heavy atom. The molecule has 0 aliphatic rings. The van der Waals surface area contributed by atoms with Crippen molar-refractivity contribution in [3.05, 3.63) is 77.4 Å². The van der Waals surface area contributed by atoms with Gasteiger partial charge in [0.25, 0.3) is 11.8 Å². The minimum atomic E-state index is -4.71. The third kappa shape index (κ3) is 5.58. The summed E-state index contributed by atoms with van der Waals surface area (Å²) in [4.78, 5) is 25.2. The minimum absolute atomic E-state index is 0.0572. The van der Waals surface area contributed by atoms with Crippen LogP contribution >= 0.6 is 0 Å². The van der Waals surface area contributed by atoms with Gasteiger partial charge in [0.15, 0.2) is 11.5 Å². The van der Waals surface area contributed by atoms with E-state index in [9.17, 15) is 22.8 Å². The quantitative estimate of drug-likeness (QED) is 0.490. The molecule has 3 aromatic rings. The van der Waals surface area contributed by atoms with Crippen LogP contribution in [0, 0.1) is 0 Å². The highest BCUT2D eigenvalue weighted by molar-refractivity contribution is 6.07. The number of hydrogen-bond acceptors (Lipinski definition) is 5. The lowest BCUT2D eigenvalue weighted by atomic mass is 10.1. The van der Waals surface area contributed by atoms with Gasteiger partial charge in [-0.25, -0.2) is 0 Å². The number of anilines is 2. The number of rotatable bonds is 7. The number of alkyl halides is 3. The zero-order valence-electron chi connectivity index (χ0n) is 18.4. The van der Waals surface area contributed by atoms with Gasteiger partial charge in [0, 0.05) is 22.5 Å².